The molecule has 1 N–H and O–H groups in total. The fraction of sp³-hybridized carbons (Fsp3) is 0.185. The summed E-state index contributed by atoms with van der Waals surface area (Å²) in [6.45, 7) is 1.51. The summed E-state index contributed by atoms with van der Waals surface area (Å²) in [5.74, 6) is -0.109. The van der Waals surface area contributed by atoms with Crippen LogP contribution < -0.4 is 10.2 Å². The van der Waals surface area contributed by atoms with Crippen molar-refractivity contribution in [1.82, 2.24) is 0 Å². The minimum atomic E-state index is -0.650. The van der Waals surface area contributed by atoms with Crippen LogP contribution in [0.25, 0.3) is 0 Å². The van der Waals surface area contributed by atoms with E-state index in [2.05, 4.69) is 17.4 Å². The van der Waals surface area contributed by atoms with Gasteiger partial charge >= 0.3 is 0 Å². The van der Waals surface area contributed by atoms with Crippen LogP contribution in [-0.4, -0.2) is 11.7 Å². The molecule has 0 aromatic heterocycles. The molecule has 0 saturated heterocycles. The van der Waals surface area contributed by atoms with Gasteiger partial charge in [0.15, 0.2) is 5.78 Å². The van der Waals surface area contributed by atoms with Gasteiger partial charge in [0.1, 0.15) is 0 Å². The van der Waals surface area contributed by atoms with Crippen LogP contribution in [0.2, 0.25) is 10.0 Å². The molecule has 0 radical (unpaired) electrons. The first-order valence-corrected chi connectivity index (χ1v) is 11.6. The van der Waals surface area contributed by atoms with Crippen molar-refractivity contribution in [3.05, 3.63) is 105 Å². The van der Waals surface area contributed by atoms with E-state index in [1.165, 1.54) is 6.92 Å². The first kappa shape index (κ1) is 21.7. The minimum absolute atomic E-state index is 0.00711. The van der Waals surface area contributed by atoms with E-state index in [4.69, 9.17) is 23.2 Å². The lowest BCUT2D eigenvalue weighted by molar-refractivity contribution is -0.117. The van der Waals surface area contributed by atoms with Gasteiger partial charge in [0.25, 0.3) is 0 Å². The van der Waals surface area contributed by atoms with Crippen molar-refractivity contribution >= 4 is 46.3 Å². The molecule has 33 heavy (non-hydrogen) atoms. The Hall–Kier alpha value is -3.08. The number of nitrogens with one attached hydrogen (secondary N) is 1. The maximum absolute atomic E-state index is 13.7. The SMILES string of the molecule is CC(=O)N1c2ccccc2NC2=C(C(=O)CC(c3ccccc3)C2)C1c1ccc(Cl)cc1Cl. The average molecular weight is 477 g/mol. The number of ketones is 1. The predicted molar refractivity (Wildman–Crippen MR) is 133 cm³/mol. The molecule has 166 valence electrons. The molecule has 0 fully saturated rings. The number of fused-ring (bicyclic) bond motifs is 1. The molecule has 2 atom stereocenters. The van der Waals surface area contributed by atoms with Crippen LogP contribution in [0.4, 0.5) is 11.4 Å². The molecule has 1 heterocycles. The maximum atomic E-state index is 13.7. The van der Waals surface area contributed by atoms with Crippen molar-refractivity contribution in [3.63, 3.8) is 0 Å². The standard InChI is InChI=1S/C27H22Cl2N2O2/c1-16(32)31-24-10-6-5-9-22(24)30-23-13-18(17-7-3-2-4-8-17)14-25(33)26(23)27(31)20-12-11-19(28)15-21(20)29/h2-12,15,18,27,30H,13-14H2,1H3. The molecule has 0 bridgehead atoms. The summed E-state index contributed by atoms with van der Waals surface area (Å²) in [6.07, 6.45) is 1.03. The highest BCUT2D eigenvalue weighted by Crippen LogP contribution is 2.48. The fourth-order valence-corrected chi connectivity index (χ4v) is 5.43. The first-order chi connectivity index (χ1) is 15.9. The number of amides is 1. The van der Waals surface area contributed by atoms with E-state index < -0.39 is 6.04 Å². The van der Waals surface area contributed by atoms with Crippen molar-refractivity contribution in [1.29, 1.82) is 0 Å². The van der Waals surface area contributed by atoms with Crippen molar-refractivity contribution in [3.8, 4) is 0 Å². The third kappa shape index (κ3) is 3.94. The number of anilines is 2. The molecule has 1 aliphatic carbocycles. The van der Waals surface area contributed by atoms with E-state index in [1.54, 1.807) is 23.1 Å². The Morgan fingerprint density at radius 3 is 2.42 bits per heavy atom. The van der Waals surface area contributed by atoms with Crippen LogP contribution in [0.3, 0.4) is 0 Å². The predicted octanol–water partition coefficient (Wildman–Crippen LogP) is 6.91. The molecule has 3 aromatic carbocycles. The molecular weight excluding hydrogens is 455 g/mol. The normalized spacial score (nSPS) is 20.0. The number of allylic oxidation sites excluding steroid dienone is 1. The van der Waals surface area contributed by atoms with Crippen LogP contribution in [-0.2, 0) is 9.59 Å². The summed E-state index contributed by atoms with van der Waals surface area (Å²) in [7, 11) is 0. The zero-order chi connectivity index (χ0) is 23.1. The molecule has 2 unspecified atom stereocenters. The van der Waals surface area contributed by atoms with Crippen LogP contribution >= 0.6 is 23.2 Å². The van der Waals surface area contributed by atoms with Crippen LogP contribution in [0.15, 0.2) is 84.1 Å². The summed E-state index contributed by atoms with van der Waals surface area (Å²) in [6, 6.07) is 22.2. The van der Waals surface area contributed by atoms with Gasteiger partial charge in [-0.25, -0.2) is 0 Å². The van der Waals surface area contributed by atoms with Gasteiger partial charge in [-0.1, -0.05) is 71.7 Å². The number of hydrogen-bond acceptors (Lipinski definition) is 3. The number of carbonyl (C=O) groups is 2. The zero-order valence-corrected chi connectivity index (χ0v) is 19.5. The summed E-state index contributed by atoms with van der Waals surface area (Å²) in [5, 5.41) is 4.42. The third-order valence-corrected chi connectivity index (χ3v) is 6.92. The van der Waals surface area contributed by atoms with Gasteiger partial charge in [0.2, 0.25) is 5.91 Å². The molecule has 4 nitrogen and oxygen atoms in total. The van der Waals surface area contributed by atoms with Gasteiger partial charge < -0.3 is 5.32 Å². The second kappa shape index (κ2) is 8.69. The minimum Gasteiger partial charge on any atom is -0.357 e. The highest BCUT2D eigenvalue weighted by molar-refractivity contribution is 6.35. The lowest BCUT2D eigenvalue weighted by atomic mass is 9.78. The highest BCUT2D eigenvalue weighted by atomic mass is 35.5. The van der Waals surface area contributed by atoms with Crippen LogP contribution in [0, 0.1) is 0 Å². The number of hydrogen-bond donors (Lipinski definition) is 1. The van der Waals surface area contributed by atoms with Crippen molar-refractivity contribution in [2.75, 3.05) is 10.2 Å². The Morgan fingerprint density at radius 1 is 0.970 bits per heavy atom. The number of Topliss-reactive ketones (excluding diaryl/α,β-unsaturated/α-hetero) is 1. The Labute approximate surface area is 202 Å². The molecule has 1 amide bonds. The second-order valence-electron chi connectivity index (χ2n) is 8.43. The van der Waals surface area contributed by atoms with E-state index in [0.29, 0.717) is 39.7 Å². The Kier molecular flexibility index (Phi) is 5.73. The van der Waals surface area contributed by atoms with E-state index in [0.717, 1.165) is 16.9 Å². The Morgan fingerprint density at radius 2 is 1.70 bits per heavy atom. The molecule has 3 aromatic rings. The number of benzene rings is 3. The number of para-hydroxylation sites is 2. The Balaban J connectivity index is 1.73. The van der Waals surface area contributed by atoms with Gasteiger partial charge in [-0.15, -0.1) is 0 Å². The highest BCUT2D eigenvalue weighted by Gasteiger charge is 2.41. The molecule has 5 rings (SSSR count). The second-order valence-corrected chi connectivity index (χ2v) is 9.27. The molecule has 2 aliphatic rings. The van der Waals surface area contributed by atoms with Gasteiger partial charge in [0, 0.05) is 34.7 Å². The topological polar surface area (TPSA) is 49.4 Å². The van der Waals surface area contributed by atoms with Crippen molar-refractivity contribution < 1.29 is 9.59 Å². The average Bonchev–Trinajstić information content (AvgIpc) is 2.94. The van der Waals surface area contributed by atoms with E-state index in [-0.39, 0.29) is 17.6 Å². The smallest absolute Gasteiger partial charge is 0.224 e. The van der Waals surface area contributed by atoms with Crippen LogP contribution in [0.5, 0.6) is 0 Å². The molecule has 1 aliphatic heterocycles. The van der Waals surface area contributed by atoms with E-state index in [9.17, 15) is 9.59 Å². The van der Waals surface area contributed by atoms with Gasteiger partial charge in [0.05, 0.1) is 17.4 Å². The van der Waals surface area contributed by atoms with E-state index >= 15 is 0 Å². The van der Waals surface area contributed by atoms with Gasteiger partial charge in [-0.05, 0) is 47.7 Å². The number of nitrogens with zero attached hydrogens (tertiary/aromatic N) is 1. The molecular formula is C27H22Cl2N2O2. The number of halogens is 2. The quantitative estimate of drug-likeness (QED) is 0.436. The number of carbonyl (C=O) groups excluding carboxylic acids is 2. The first-order valence-electron chi connectivity index (χ1n) is 10.9. The van der Waals surface area contributed by atoms with Crippen LogP contribution in [0.1, 0.15) is 42.9 Å². The van der Waals surface area contributed by atoms with E-state index in [1.807, 2.05) is 42.5 Å². The van der Waals surface area contributed by atoms with Crippen molar-refractivity contribution in [2.45, 2.75) is 31.7 Å². The molecule has 0 spiro atoms. The van der Waals surface area contributed by atoms with Gasteiger partial charge in [-0.3, -0.25) is 14.5 Å². The summed E-state index contributed by atoms with van der Waals surface area (Å²) in [4.78, 5) is 28.4. The summed E-state index contributed by atoms with van der Waals surface area (Å²) >= 11 is 12.8. The lowest BCUT2D eigenvalue weighted by Gasteiger charge is -2.35. The molecule has 6 heteroatoms. The summed E-state index contributed by atoms with van der Waals surface area (Å²) in [5.41, 5.74) is 4.70. The van der Waals surface area contributed by atoms with Gasteiger partial charge in [-0.2, -0.15) is 0 Å². The lowest BCUT2D eigenvalue weighted by Crippen LogP contribution is -2.37. The third-order valence-electron chi connectivity index (χ3n) is 6.36. The number of rotatable bonds is 2. The summed E-state index contributed by atoms with van der Waals surface area (Å²) < 4.78 is 0. The molecule has 0 saturated carbocycles. The zero-order valence-electron chi connectivity index (χ0n) is 18.0. The monoisotopic (exact) mass is 476 g/mol. The van der Waals surface area contributed by atoms with Crippen molar-refractivity contribution in [2.24, 2.45) is 0 Å². The maximum Gasteiger partial charge on any atom is 0.224 e. The fourth-order valence-electron chi connectivity index (χ4n) is 4.92. The largest absolute Gasteiger partial charge is 0.357 e. The Bertz CT molecular complexity index is 1290.